The van der Waals surface area contributed by atoms with Gasteiger partial charge in [0.2, 0.25) is 0 Å². The maximum absolute atomic E-state index is 10.9. The van der Waals surface area contributed by atoms with Crippen molar-refractivity contribution in [2.24, 2.45) is 0 Å². The van der Waals surface area contributed by atoms with E-state index in [1.165, 1.54) is 0 Å². The van der Waals surface area contributed by atoms with Crippen molar-refractivity contribution >= 4 is 49.3 Å². The summed E-state index contributed by atoms with van der Waals surface area (Å²) in [5.74, 6) is 0. The highest BCUT2D eigenvalue weighted by Gasteiger charge is 2.37. The molecule has 0 saturated heterocycles. The molecule has 0 N–H and O–H groups in total. The molecule has 0 aromatic heterocycles. The lowest BCUT2D eigenvalue weighted by Crippen LogP contribution is -2.47. The first-order valence-corrected chi connectivity index (χ1v) is 5.71. The van der Waals surface area contributed by atoms with E-state index < -0.39 is 16.2 Å². The zero-order chi connectivity index (χ0) is 11.5. The number of carbonyl (C=O) groups excluding carboxylic acids is 1. The van der Waals surface area contributed by atoms with Crippen molar-refractivity contribution in [1.82, 2.24) is 9.80 Å². The maximum atomic E-state index is 10.9. The van der Waals surface area contributed by atoms with E-state index in [1.54, 1.807) is 38.0 Å². The molecule has 0 unspecified atom stereocenters. The molecule has 0 spiro atoms. The molecule has 0 bridgehead atoms. The minimum absolute atomic E-state index is 0.281. The molecule has 0 aromatic rings. The predicted octanol–water partition coefficient (Wildman–Crippen LogP) is -0.359. The van der Waals surface area contributed by atoms with Crippen LogP contribution in [0.5, 0.6) is 0 Å². The smallest absolute Gasteiger partial charge is 0.305 e. The second kappa shape index (κ2) is 5.47. The van der Waals surface area contributed by atoms with Crippen LogP contribution in [-0.4, -0.2) is 51.9 Å². The third-order valence-corrected chi connectivity index (χ3v) is 4.74. The molecule has 0 radical (unpaired) electrons. The summed E-state index contributed by atoms with van der Waals surface area (Å²) >= 11 is 9.95. The van der Waals surface area contributed by atoms with E-state index in [4.69, 9.17) is 24.4 Å². The van der Waals surface area contributed by atoms with Crippen LogP contribution in [0.4, 0.5) is 4.79 Å². The van der Waals surface area contributed by atoms with Gasteiger partial charge in [0.05, 0.1) is 0 Å². The Balaban J connectivity index is 4.88. The lowest BCUT2D eigenvalue weighted by atomic mass is 11.0. The van der Waals surface area contributed by atoms with E-state index in [9.17, 15) is 9.90 Å². The van der Waals surface area contributed by atoms with Gasteiger partial charge in [-0.3, -0.25) is 0 Å². The number of hydrogen-bond donors (Lipinski definition) is 0. The van der Waals surface area contributed by atoms with Crippen molar-refractivity contribution in [1.29, 1.82) is 0 Å². The molecule has 0 aliphatic heterocycles. The molecule has 0 aliphatic rings. The summed E-state index contributed by atoms with van der Waals surface area (Å²) in [7, 11) is 5.43. The van der Waals surface area contributed by atoms with Crippen molar-refractivity contribution in [3.63, 3.8) is 0 Å². The summed E-state index contributed by atoms with van der Waals surface area (Å²) in [6, 6.07) is 0. The fourth-order valence-electron chi connectivity index (χ4n) is 0.582. The Morgan fingerprint density at radius 1 is 1.07 bits per heavy atom. The fourth-order valence-corrected chi connectivity index (χ4v) is 2.79. The molecular weight excluding hydrogens is 240 g/mol. The molecular formula is C7H12N2O2S3. The van der Waals surface area contributed by atoms with Gasteiger partial charge in [0.15, 0.2) is 10.9 Å². The second-order valence-electron chi connectivity index (χ2n) is 2.88. The summed E-state index contributed by atoms with van der Waals surface area (Å²) in [5, 5.41) is 9.63. The van der Waals surface area contributed by atoms with Gasteiger partial charge in [-0.25, -0.2) is 0 Å². The third kappa shape index (κ3) is 3.39. The Morgan fingerprint density at radius 3 is 1.50 bits per heavy atom. The lowest BCUT2D eigenvalue weighted by molar-refractivity contribution is -0.232. The molecule has 4 nitrogen and oxygen atoms in total. The Morgan fingerprint density at radius 2 is 1.36 bits per heavy atom. The van der Waals surface area contributed by atoms with Gasteiger partial charge in [0.25, 0.3) is 5.30 Å². The topological polar surface area (TPSA) is 46.6 Å². The van der Waals surface area contributed by atoms with Crippen molar-refractivity contribution in [2.75, 3.05) is 28.2 Å². The van der Waals surface area contributed by atoms with Crippen LogP contribution >= 0.6 is 24.4 Å². The van der Waals surface area contributed by atoms with Crippen LogP contribution in [0, 0.1) is 0 Å². The average molecular weight is 252 g/mol. The summed E-state index contributed by atoms with van der Waals surface area (Å²) in [5.41, 5.74) is 0. The Bertz CT molecular complexity index is 246. The van der Waals surface area contributed by atoms with E-state index in [-0.39, 0.29) is 8.64 Å². The SMILES string of the molecule is CN(C)C(=S)[S+](C(=O)[O-])C(=S)N(C)C. The molecule has 0 amide bonds. The number of carbonyl (C=O) groups is 1. The largest absolute Gasteiger partial charge is 0.503 e. The number of hydrogen-bond acceptors (Lipinski definition) is 4. The van der Waals surface area contributed by atoms with E-state index in [1.807, 2.05) is 0 Å². The molecule has 0 heterocycles. The van der Waals surface area contributed by atoms with Crippen LogP contribution in [0.3, 0.4) is 0 Å². The minimum Gasteiger partial charge on any atom is -0.503 e. The normalized spacial score (nSPS) is 9.79. The van der Waals surface area contributed by atoms with E-state index in [2.05, 4.69) is 0 Å². The Hall–Kier alpha value is -0.400. The van der Waals surface area contributed by atoms with Gasteiger partial charge in [-0.1, -0.05) is 0 Å². The lowest BCUT2D eigenvalue weighted by Gasteiger charge is -2.17. The fraction of sp³-hybridized carbons (Fsp3) is 0.571. The molecule has 7 heteroatoms. The van der Waals surface area contributed by atoms with Gasteiger partial charge in [-0.05, 0) is 24.4 Å². The quantitative estimate of drug-likeness (QED) is 0.433. The maximum Gasteiger partial charge on any atom is 0.305 e. The van der Waals surface area contributed by atoms with E-state index in [0.29, 0.717) is 0 Å². The van der Waals surface area contributed by atoms with E-state index >= 15 is 0 Å². The van der Waals surface area contributed by atoms with Crippen molar-refractivity contribution in [2.45, 2.75) is 0 Å². The number of carboxylic acid groups (broad SMARTS) is 1. The van der Waals surface area contributed by atoms with Crippen LogP contribution in [0.25, 0.3) is 0 Å². The monoisotopic (exact) mass is 252 g/mol. The van der Waals surface area contributed by atoms with Crippen LogP contribution in [0.1, 0.15) is 0 Å². The van der Waals surface area contributed by atoms with Gasteiger partial charge < -0.3 is 19.7 Å². The molecule has 0 fully saturated rings. The zero-order valence-electron chi connectivity index (χ0n) is 8.44. The van der Waals surface area contributed by atoms with Crippen LogP contribution < -0.4 is 5.11 Å². The standard InChI is InChI=1S/C7H12N2O2S3/c1-8(2)5(12)14(7(10)11)6(13)9(3)4/h1-4H3. The van der Waals surface area contributed by atoms with Crippen molar-refractivity contribution < 1.29 is 9.90 Å². The first-order valence-electron chi connectivity index (χ1n) is 3.66. The molecule has 14 heavy (non-hydrogen) atoms. The van der Waals surface area contributed by atoms with Crippen molar-refractivity contribution in [3.05, 3.63) is 0 Å². The Labute approximate surface area is 97.2 Å². The van der Waals surface area contributed by atoms with Gasteiger partial charge in [0, 0.05) is 28.2 Å². The van der Waals surface area contributed by atoms with Gasteiger partial charge in [0.1, 0.15) is 0 Å². The zero-order valence-corrected chi connectivity index (χ0v) is 10.9. The highest BCUT2D eigenvalue weighted by Crippen LogP contribution is 2.08. The predicted molar refractivity (Wildman–Crippen MR) is 65.3 cm³/mol. The molecule has 0 aromatic carbocycles. The summed E-state index contributed by atoms with van der Waals surface area (Å²) in [6.07, 6.45) is 0. The molecule has 80 valence electrons. The van der Waals surface area contributed by atoms with Crippen LogP contribution in [0.2, 0.25) is 0 Å². The first kappa shape index (κ1) is 13.6. The molecule has 0 rings (SSSR count). The van der Waals surface area contributed by atoms with Gasteiger partial charge in [-0.15, -0.1) is 0 Å². The summed E-state index contributed by atoms with van der Waals surface area (Å²) in [6.45, 7) is 0. The van der Waals surface area contributed by atoms with Gasteiger partial charge in [-0.2, -0.15) is 0 Å². The number of thiocarbonyl (C=S) groups is 2. The van der Waals surface area contributed by atoms with Gasteiger partial charge >= 0.3 is 8.64 Å². The number of rotatable bonds is 0. The van der Waals surface area contributed by atoms with Crippen LogP contribution in [-0.2, 0) is 10.9 Å². The minimum atomic E-state index is -1.31. The van der Waals surface area contributed by atoms with Crippen LogP contribution in [0.15, 0.2) is 0 Å². The molecule has 0 atom stereocenters. The first-order chi connectivity index (χ1) is 6.29. The third-order valence-electron chi connectivity index (χ3n) is 1.25. The second-order valence-corrected chi connectivity index (χ2v) is 5.89. The average Bonchev–Trinajstić information content (AvgIpc) is 2.03. The summed E-state index contributed by atoms with van der Waals surface area (Å²) < 4.78 is 0.562. The van der Waals surface area contributed by atoms with E-state index in [0.717, 1.165) is 0 Å². The van der Waals surface area contributed by atoms with Crippen molar-refractivity contribution in [3.8, 4) is 0 Å². The highest BCUT2D eigenvalue weighted by molar-refractivity contribution is 8.43. The highest BCUT2D eigenvalue weighted by atomic mass is 32.2. The molecule has 0 saturated carbocycles. The summed E-state index contributed by atoms with van der Waals surface area (Å²) in [4.78, 5) is 14.0. The molecule has 0 aliphatic carbocycles. The number of nitrogens with zero attached hydrogens (tertiary/aromatic N) is 2. The Kier molecular flexibility index (Phi) is 5.32.